The van der Waals surface area contributed by atoms with Crippen molar-refractivity contribution in [1.29, 1.82) is 0 Å². The Labute approximate surface area is 125 Å². The highest BCUT2D eigenvalue weighted by Gasteiger charge is 2.28. The van der Waals surface area contributed by atoms with E-state index < -0.39 is 19.9 Å². The van der Waals surface area contributed by atoms with Crippen molar-refractivity contribution in [3.05, 3.63) is 29.8 Å². The molecule has 0 radical (unpaired) electrons. The molecular formula is C13H20N2O4S2. The van der Waals surface area contributed by atoms with Crippen LogP contribution in [0.3, 0.4) is 0 Å². The van der Waals surface area contributed by atoms with Crippen molar-refractivity contribution < 1.29 is 16.8 Å². The molecule has 8 heteroatoms. The van der Waals surface area contributed by atoms with Gasteiger partial charge in [-0.3, -0.25) is 0 Å². The monoisotopic (exact) mass is 332 g/mol. The molecule has 1 aromatic rings. The van der Waals surface area contributed by atoms with Crippen LogP contribution in [0.2, 0.25) is 0 Å². The first-order chi connectivity index (χ1) is 9.85. The van der Waals surface area contributed by atoms with Gasteiger partial charge in [0, 0.05) is 13.1 Å². The SMILES string of the molecule is NCCc1ccc(S(=O)(=O)N2CCCS(=O)(=O)CC2)cc1. The number of sulfone groups is 1. The van der Waals surface area contributed by atoms with E-state index in [1.165, 1.54) is 4.31 Å². The molecule has 2 N–H and O–H groups in total. The van der Waals surface area contributed by atoms with Crippen LogP contribution >= 0.6 is 0 Å². The summed E-state index contributed by atoms with van der Waals surface area (Å²) in [6.45, 7) is 0.775. The van der Waals surface area contributed by atoms with Crippen LogP contribution in [-0.4, -0.2) is 52.3 Å². The minimum atomic E-state index is -3.63. The van der Waals surface area contributed by atoms with E-state index in [4.69, 9.17) is 5.73 Å². The zero-order chi connectivity index (χ0) is 15.5. The van der Waals surface area contributed by atoms with Crippen LogP contribution in [0.4, 0.5) is 0 Å². The van der Waals surface area contributed by atoms with Gasteiger partial charge in [0.1, 0.15) is 0 Å². The predicted octanol–water partition coefficient (Wildman–Crippen LogP) is -0.00300. The molecule has 1 aliphatic rings. The zero-order valence-electron chi connectivity index (χ0n) is 11.7. The van der Waals surface area contributed by atoms with Gasteiger partial charge >= 0.3 is 0 Å². The summed E-state index contributed by atoms with van der Waals surface area (Å²) in [5, 5.41) is 0. The summed E-state index contributed by atoms with van der Waals surface area (Å²) in [5.74, 6) is -0.0635. The fourth-order valence-electron chi connectivity index (χ4n) is 2.30. The van der Waals surface area contributed by atoms with Crippen molar-refractivity contribution >= 4 is 19.9 Å². The Kier molecular flexibility index (Phi) is 5.03. The molecule has 0 atom stereocenters. The summed E-state index contributed by atoms with van der Waals surface area (Å²) in [6.07, 6.45) is 1.04. The van der Waals surface area contributed by atoms with Crippen molar-refractivity contribution in [1.82, 2.24) is 4.31 Å². The second kappa shape index (κ2) is 6.43. The van der Waals surface area contributed by atoms with Gasteiger partial charge in [0.15, 0.2) is 9.84 Å². The maximum Gasteiger partial charge on any atom is 0.243 e. The van der Waals surface area contributed by atoms with Gasteiger partial charge in [-0.1, -0.05) is 12.1 Å². The third-order valence-corrected chi connectivity index (χ3v) is 7.14. The van der Waals surface area contributed by atoms with Crippen LogP contribution in [0.25, 0.3) is 0 Å². The summed E-state index contributed by atoms with van der Waals surface area (Å²) < 4.78 is 49.4. The smallest absolute Gasteiger partial charge is 0.243 e. The van der Waals surface area contributed by atoms with E-state index in [1.807, 2.05) is 0 Å². The fraction of sp³-hybridized carbons (Fsp3) is 0.538. The molecule has 1 heterocycles. The van der Waals surface area contributed by atoms with Crippen LogP contribution in [0.1, 0.15) is 12.0 Å². The fourth-order valence-corrected chi connectivity index (χ4v) is 5.17. The standard InChI is InChI=1S/C13H20N2O4S2/c14-7-6-12-2-4-13(5-3-12)21(18,19)15-8-1-10-20(16,17)11-9-15/h2-5H,1,6-11,14H2. The molecule has 21 heavy (non-hydrogen) atoms. The van der Waals surface area contributed by atoms with Gasteiger partial charge < -0.3 is 5.73 Å². The van der Waals surface area contributed by atoms with Crippen molar-refractivity contribution in [3.8, 4) is 0 Å². The Hall–Kier alpha value is -0.960. The van der Waals surface area contributed by atoms with E-state index >= 15 is 0 Å². The highest BCUT2D eigenvalue weighted by Crippen LogP contribution is 2.19. The highest BCUT2D eigenvalue weighted by atomic mass is 32.2. The van der Waals surface area contributed by atoms with E-state index in [0.29, 0.717) is 19.4 Å². The molecule has 1 saturated heterocycles. The first-order valence-electron chi connectivity index (χ1n) is 6.85. The van der Waals surface area contributed by atoms with E-state index in [-0.39, 0.29) is 29.5 Å². The second-order valence-electron chi connectivity index (χ2n) is 5.09. The van der Waals surface area contributed by atoms with E-state index in [1.54, 1.807) is 24.3 Å². The van der Waals surface area contributed by atoms with E-state index in [9.17, 15) is 16.8 Å². The Morgan fingerprint density at radius 2 is 1.76 bits per heavy atom. The summed E-state index contributed by atoms with van der Waals surface area (Å²) in [7, 11) is -6.76. The summed E-state index contributed by atoms with van der Waals surface area (Å²) in [5.41, 5.74) is 6.44. The highest BCUT2D eigenvalue weighted by molar-refractivity contribution is 7.91. The van der Waals surface area contributed by atoms with Gasteiger partial charge in [-0.2, -0.15) is 4.31 Å². The molecule has 118 valence electrons. The molecule has 0 saturated carbocycles. The summed E-state index contributed by atoms with van der Waals surface area (Å²) in [6, 6.07) is 6.60. The van der Waals surface area contributed by atoms with Crippen molar-refractivity contribution in [2.45, 2.75) is 17.7 Å². The van der Waals surface area contributed by atoms with Gasteiger partial charge in [0.2, 0.25) is 10.0 Å². The molecule has 0 aliphatic carbocycles. The number of rotatable bonds is 4. The Morgan fingerprint density at radius 3 is 2.38 bits per heavy atom. The average molecular weight is 332 g/mol. The Morgan fingerprint density at radius 1 is 1.10 bits per heavy atom. The minimum absolute atomic E-state index is 0.0230. The molecule has 1 aromatic carbocycles. The normalized spacial score (nSPS) is 20.0. The number of benzene rings is 1. The number of nitrogens with zero attached hydrogens (tertiary/aromatic N) is 1. The molecule has 2 rings (SSSR count). The number of nitrogens with two attached hydrogens (primary N) is 1. The lowest BCUT2D eigenvalue weighted by molar-refractivity contribution is 0.434. The largest absolute Gasteiger partial charge is 0.330 e. The van der Waals surface area contributed by atoms with Crippen LogP contribution in [0, 0.1) is 0 Å². The molecule has 0 spiro atoms. The van der Waals surface area contributed by atoms with Gasteiger partial charge in [-0.25, -0.2) is 16.8 Å². The van der Waals surface area contributed by atoms with Gasteiger partial charge in [0.05, 0.1) is 16.4 Å². The lowest BCUT2D eigenvalue weighted by Gasteiger charge is -2.19. The molecule has 0 bridgehead atoms. The van der Waals surface area contributed by atoms with E-state index in [2.05, 4.69) is 0 Å². The molecule has 1 fully saturated rings. The van der Waals surface area contributed by atoms with Crippen molar-refractivity contribution in [2.24, 2.45) is 5.73 Å². The van der Waals surface area contributed by atoms with Crippen molar-refractivity contribution in [3.63, 3.8) is 0 Å². The molecule has 0 aromatic heterocycles. The van der Waals surface area contributed by atoms with Crippen LogP contribution < -0.4 is 5.73 Å². The maximum atomic E-state index is 12.5. The molecule has 1 aliphatic heterocycles. The number of hydrogen-bond acceptors (Lipinski definition) is 5. The Bertz CT molecular complexity index is 681. The lowest BCUT2D eigenvalue weighted by Crippen LogP contribution is -2.33. The lowest BCUT2D eigenvalue weighted by atomic mass is 10.2. The summed E-state index contributed by atoms with van der Waals surface area (Å²) in [4.78, 5) is 0.197. The molecule has 6 nitrogen and oxygen atoms in total. The maximum absolute atomic E-state index is 12.5. The first-order valence-corrected chi connectivity index (χ1v) is 10.1. The van der Waals surface area contributed by atoms with Crippen molar-refractivity contribution in [2.75, 3.05) is 31.1 Å². The molecular weight excluding hydrogens is 312 g/mol. The quantitative estimate of drug-likeness (QED) is 0.837. The number of sulfonamides is 1. The second-order valence-corrected chi connectivity index (χ2v) is 9.33. The third-order valence-electron chi connectivity index (χ3n) is 3.51. The minimum Gasteiger partial charge on any atom is -0.330 e. The zero-order valence-corrected chi connectivity index (χ0v) is 13.4. The third kappa shape index (κ3) is 4.03. The van der Waals surface area contributed by atoms with E-state index in [0.717, 1.165) is 5.56 Å². The number of hydrogen-bond donors (Lipinski definition) is 1. The van der Waals surface area contributed by atoms with Crippen LogP contribution in [0.5, 0.6) is 0 Å². The van der Waals surface area contributed by atoms with Gasteiger partial charge in [-0.05, 0) is 37.1 Å². The van der Waals surface area contributed by atoms with Crippen LogP contribution in [0.15, 0.2) is 29.2 Å². The Balaban J connectivity index is 2.21. The first kappa shape index (κ1) is 16.4. The topological polar surface area (TPSA) is 97.5 Å². The predicted molar refractivity (Wildman–Crippen MR) is 81.2 cm³/mol. The van der Waals surface area contributed by atoms with Gasteiger partial charge in [0.25, 0.3) is 0 Å². The molecule has 0 unspecified atom stereocenters. The van der Waals surface area contributed by atoms with Crippen LogP contribution in [-0.2, 0) is 26.3 Å². The van der Waals surface area contributed by atoms with Gasteiger partial charge in [-0.15, -0.1) is 0 Å². The summed E-state index contributed by atoms with van der Waals surface area (Å²) >= 11 is 0. The average Bonchev–Trinajstić information content (AvgIpc) is 2.61. The molecule has 0 amide bonds.